The molecule has 0 aliphatic heterocycles. The Kier molecular flexibility index (Phi) is 5.21. The molecule has 0 radical (unpaired) electrons. The molecule has 0 spiro atoms. The third kappa shape index (κ3) is 4.49. The predicted octanol–water partition coefficient (Wildman–Crippen LogP) is 2.80. The maximum Gasteiger partial charge on any atom is 0.258 e. The van der Waals surface area contributed by atoms with Gasteiger partial charge < -0.3 is 15.2 Å². The van der Waals surface area contributed by atoms with Gasteiger partial charge in [0.25, 0.3) is 5.91 Å². The van der Waals surface area contributed by atoms with Crippen LogP contribution in [-0.4, -0.2) is 28.8 Å². The quantitative estimate of drug-likeness (QED) is 0.864. The van der Waals surface area contributed by atoms with E-state index in [1.165, 1.54) is 0 Å². The molecular weight excluding hydrogens is 322 g/mol. The molecule has 0 aliphatic rings. The Morgan fingerprint density at radius 3 is 2.45 bits per heavy atom. The molecule has 1 rings (SSSR count). The average Bonchev–Trinajstić information content (AvgIpc) is 2.25. The van der Waals surface area contributed by atoms with Crippen LogP contribution in [0, 0.1) is 6.92 Å². The summed E-state index contributed by atoms with van der Waals surface area (Å²) in [5.41, 5.74) is -0.651. The van der Waals surface area contributed by atoms with Crippen molar-refractivity contribution < 1.29 is 14.6 Å². The lowest BCUT2D eigenvalue weighted by Crippen LogP contribution is -2.58. The summed E-state index contributed by atoms with van der Waals surface area (Å²) in [4.78, 5) is 11.9. The first-order valence-corrected chi connectivity index (χ1v) is 7.24. The van der Waals surface area contributed by atoms with E-state index >= 15 is 0 Å². The van der Waals surface area contributed by atoms with E-state index in [2.05, 4.69) is 21.2 Å². The van der Waals surface area contributed by atoms with Crippen LogP contribution >= 0.6 is 15.9 Å². The van der Waals surface area contributed by atoms with Crippen molar-refractivity contribution in [3.8, 4) is 5.75 Å². The molecule has 1 amide bonds. The average molecular weight is 344 g/mol. The van der Waals surface area contributed by atoms with Crippen LogP contribution in [0.15, 0.2) is 22.7 Å². The van der Waals surface area contributed by atoms with Crippen LogP contribution in [0.3, 0.4) is 0 Å². The number of rotatable bonds is 5. The monoisotopic (exact) mass is 343 g/mol. The van der Waals surface area contributed by atoms with Crippen molar-refractivity contribution >= 4 is 21.8 Å². The number of hydrogen-bond acceptors (Lipinski definition) is 3. The third-order valence-corrected chi connectivity index (χ3v) is 4.05. The number of aryl methyl sites for hydroxylation is 1. The molecule has 0 saturated carbocycles. The molecule has 2 N–H and O–H groups in total. The lowest BCUT2D eigenvalue weighted by atomic mass is 9.86. The fraction of sp³-hybridized carbons (Fsp3) is 0.533. The number of carbonyl (C=O) groups is 1. The number of ether oxygens (including phenoxy) is 1. The molecular formula is C15H22BrNO3. The fourth-order valence-corrected chi connectivity index (χ4v) is 2.01. The summed E-state index contributed by atoms with van der Waals surface area (Å²) in [6.45, 7) is 8.74. The van der Waals surface area contributed by atoms with Crippen LogP contribution in [0.4, 0.5) is 0 Å². The standard InChI is InChI=1S/C15H22BrNO3/c1-10-6-7-12(11(16)8-10)20-9-13(18)17-14(2,3)15(4,5)19/h6-8,19H,9H2,1-5H3,(H,17,18). The van der Waals surface area contributed by atoms with Crippen LogP contribution in [0.5, 0.6) is 5.75 Å². The molecule has 0 unspecified atom stereocenters. The number of benzene rings is 1. The minimum atomic E-state index is -1.02. The number of carbonyl (C=O) groups excluding carboxylic acids is 1. The van der Waals surface area contributed by atoms with E-state index in [0.717, 1.165) is 10.0 Å². The van der Waals surface area contributed by atoms with Crippen molar-refractivity contribution in [2.45, 2.75) is 45.8 Å². The highest BCUT2D eigenvalue weighted by atomic mass is 79.9. The van der Waals surface area contributed by atoms with Gasteiger partial charge in [-0.25, -0.2) is 0 Å². The summed E-state index contributed by atoms with van der Waals surface area (Å²) < 4.78 is 6.28. The van der Waals surface area contributed by atoms with Crippen molar-refractivity contribution in [3.05, 3.63) is 28.2 Å². The smallest absolute Gasteiger partial charge is 0.258 e. The maximum atomic E-state index is 11.9. The van der Waals surface area contributed by atoms with Gasteiger partial charge in [-0.3, -0.25) is 4.79 Å². The van der Waals surface area contributed by atoms with Crippen LogP contribution in [0.1, 0.15) is 33.3 Å². The normalized spacial score (nSPS) is 12.2. The Labute approximate surface area is 128 Å². The van der Waals surface area contributed by atoms with E-state index in [9.17, 15) is 9.90 Å². The number of halogens is 1. The Bertz CT molecular complexity index is 492. The lowest BCUT2D eigenvalue weighted by molar-refractivity contribution is -0.128. The van der Waals surface area contributed by atoms with Gasteiger partial charge in [-0.2, -0.15) is 0 Å². The van der Waals surface area contributed by atoms with E-state index in [1.807, 2.05) is 25.1 Å². The van der Waals surface area contributed by atoms with Gasteiger partial charge in [0, 0.05) is 0 Å². The zero-order valence-electron chi connectivity index (χ0n) is 12.6. The molecule has 0 heterocycles. The van der Waals surface area contributed by atoms with Crippen molar-refractivity contribution in [3.63, 3.8) is 0 Å². The topological polar surface area (TPSA) is 58.6 Å². The Balaban J connectivity index is 2.60. The molecule has 1 aromatic carbocycles. The SMILES string of the molecule is Cc1ccc(OCC(=O)NC(C)(C)C(C)(C)O)c(Br)c1. The summed E-state index contributed by atoms with van der Waals surface area (Å²) in [7, 11) is 0. The highest BCUT2D eigenvalue weighted by Crippen LogP contribution is 2.26. The van der Waals surface area contributed by atoms with Crippen LogP contribution < -0.4 is 10.1 Å². The molecule has 1 aromatic rings. The van der Waals surface area contributed by atoms with Crippen molar-refractivity contribution in [2.75, 3.05) is 6.61 Å². The highest BCUT2D eigenvalue weighted by Gasteiger charge is 2.36. The Hall–Kier alpha value is -1.07. The fourth-order valence-electron chi connectivity index (χ4n) is 1.40. The van der Waals surface area contributed by atoms with Crippen molar-refractivity contribution in [1.29, 1.82) is 0 Å². The summed E-state index contributed by atoms with van der Waals surface area (Å²) in [6.07, 6.45) is 0. The van der Waals surface area contributed by atoms with E-state index in [4.69, 9.17) is 4.74 Å². The minimum absolute atomic E-state index is 0.0961. The second-order valence-electron chi connectivity index (χ2n) is 5.95. The second kappa shape index (κ2) is 6.14. The molecule has 20 heavy (non-hydrogen) atoms. The molecule has 5 heteroatoms. The van der Waals surface area contributed by atoms with Gasteiger partial charge in [-0.05, 0) is 68.2 Å². The van der Waals surface area contributed by atoms with E-state index in [-0.39, 0.29) is 12.5 Å². The molecule has 0 aliphatic carbocycles. The lowest BCUT2D eigenvalue weighted by Gasteiger charge is -2.37. The largest absolute Gasteiger partial charge is 0.483 e. The third-order valence-electron chi connectivity index (χ3n) is 3.43. The molecule has 112 valence electrons. The summed E-state index contributed by atoms with van der Waals surface area (Å²) in [6, 6.07) is 5.65. The molecule has 0 saturated heterocycles. The summed E-state index contributed by atoms with van der Waals surface area (Å²) >= 11 is 3.39. The first kappa shape index (κ1) is 17.0. The Morgan fingerprint density at radius 2 is 1.95 bits per heavy atom. The number of nitrogens with one attached hydrogen (secondary N) is 1. The van der Waals surface area contributed by atoms with Gasteiger partial charge in [0.2, 0.25) is 0 Å². The van der Waals surface area contributed by atoms with Gasteiger partial charge in [-0.1, -0.05) is 6.07 Å². The molecule has 0 bridgehead atoms. The Morgan fingerprint density at radius 1 is 1.35 bits per heavy atom. The zero-order valence-corrected chi connectivity index (χ0v) is 14.2. The predicted molar refractivity (Wildman–Crippen MR) is 82.9 cm³/mol. The maximum absolute atomic E-state index is 11.9. The van der Waals surface area contributed by atoms with E-state index in [0.29, 0.717) is 5.75 Å². The second-order valence-corrected chi connectivity index (χ2v) is 6.81. The minimum Gasteiger partial charge on any atom is -0.483 e. The van der Waals surface area contributed by atoms with E-state index in [1.54, 1.807) is 27.7 Å². The van der Waals surface area contributed by atoms with E-state index < -0.39 is 11.1 Å². The molecule has 0 atom stereocenters. The first-order valence-electron chi connectivity index (χ1n) is 6.45. The van der Waals surface area contributed by atoms with Gasteiger partial charge in [-0.15, -0.1) is 0 Å². The van der Waals surface area contributed by atoms with Gasteiger partial charge in [0.1, 0.15) is 5.75 Å². The summed E-state index contributed by atoms with van der Waals surface area (Å²) in [5.74, 6) is 0.344. The van der Waals surface area contributed by atoms with Gasteiger partial charge in [0.15, 0.2) is 6.61 Å². The van der Waals surface area contributed by atoms with Crippen LogP contribution in [0.25, 0.3) is 0 Å². The number of amides is 1. The number of aliphatic hydroxyl groups is 1. The number of hydrogen-bond donors (Lipinski definition) is 2. The molecule has 4 nitrogen and oxygen atoms in total. The highest BCUT2D eigenvalue weighted by molar-refractivity contribution is 9.10. The molecule has 0 fully saturated rings. The van der Waals surface area contributed by atoms with Gasteiger partial charge in [0.05, 0.1) is 15.6 Å². The zero-order chi connectivity index (χ0) is 15.6. The van der Waals surface area contributed by atoms with Crippen molar-refractivity contribution in [2.24, 2.45) is 0 Å². The van der Waals surface area contributed by atoms with Crippen LogP contribution in [-0.2, 0) is 4.79 Å². The van der Waals surface area contributed by atoms with Crippen molar-refractivity contribution in [1.82, 2.24) is 5.32 Å². The first-order chi connectivity index (χ1) is 9.03. The molecule has 0 aromatic heterocycles. The summed E-state index contributed by atoms with van der Waals surface area (Å²) in [5, 5.41) is 12.8. The van der Waals surface area contributed by atoms with Crippen LogP contribution in [0.2, 0.25) is 0 Å². The van der Waals surface area contributed by atoms with Gasteiger partial charge >= 0.3 is 0 Å².